The van der Waals surface area contributed by atoms with Crippen molar-refractivity contribution >= 4 is 12.4 Å². The average Bonchev–Trinajstić information content (AvgIpc) is 3.57. The smallest absolute Gasteiger partial charge is 0.123 e. The van der Waals surface area contributed by atoms with Crippen LogP contribution in [-0.4, -0.2) is 66.8 Å². The standard InChI is InChI=1S/C30H40N6O/c1-5-17-35(3)19-16-32-20-27(31-2)24-10-8-23(9-11-24)22-37-26-14-12-25(13-15-26)28-21-33-30(34-28)29-7-6-18-36(29)4/h8-15,20-21,29,32H,2,5-7,16-19,22H2,1,3-4H3,(H,33,34)/b27-20-/t29-/m0/s1. The fourth-order valence-corrected chi connectivity index (χ4v) is 4.72. The SMILES string of the molecule is C=N/C(=C\NCCN(C)CCC)c1ccc(COc2ccc(-c3cnc([C@@H]4CCCN4C)[nH]3)cc2)cc1. The number of likely N-dealkylation sites (N-methyl/N-ethyl adjacent to an activating group) is 1. The molecule has 2 heterocycles. The molecule has 1 atom stereocenters. The van der Waals surface area contributed by atoms with Crippen molar-refractivity contribution in [1.82, 2.24) is 25.1 Å². The molecule has 1 aliphatic heterocycles. The van der Waals surface area contributed by atoms with E-state index >= 15 is 0 Å². The molecule has 0 radical (unpaired) electrons. The number of likely N-dealkylation sites (tertiary alicyclic amines) is 1. The van der Waals surface area contributed by atoms with E-state index in [1.54, 1.807) is 0 Å². The van der Waals surface area contributed by atoms with E-state index in [0.29, 0.717) is 12.6 Å². The Bertz CT molecular complexity index is 1150. The Morgan fingerprint density at radius 1 is 1.22 bits per heavy atom. The van der Waals surface area contributed by atoms with Crippen molar-refractivity contribution in [1.29, 1.82) is 0 Å². The fraction of sp³-hybridized carbons (Fsp3) is 0.400. The van der Waals surface area contributed by atoms with E-state index in [1.165, 1.54) is 6.42 Å². The van der Waals surface area contributed by atoms with Crippen LogP contribution in [0.1, 0.15) is 49.2 Å². The van der Waals surface area contributed by atoms with Crippen molar-refractivity contribution < 1.29 is 4.74 Å². The van der Waals surface area contributed by atoms with E-state index in [4.69, 9.17) is 4.74 Å². The van der Waals surface area contributed by atoms with E-state index < -0.39 is 0 Å². The molecule has 196 valence electrons. The summed E-state index contributed by atoms with van der Waals surface area (Å²) in [6.45, 7) is 10.5. The maximum atomic E-state index is 6.03. The summed E-state index contributed by atoms with van der Waals surface area (Å²) in [5, 5.41) is 3.35. The number of benzene rings is 2. The third kappa shape index (κ3) is 7.31. The molecule has 0 unspecified atom stereocenters. The first kappa shape index (κ1) is 26.6. The highest BCUT2D eigenvalue weighted by atomic mass is 16.5. The Morgan fingerprint density at radius 2 is 2.00 bits per heavy atom. The van der Waals surface area contributed by atoms with Crippen molar-refractivity contribution in [3.63, 3.8) is 0 Å². The average molecular weight is 501 g/mol. The Kier molecular flexibility index (Phi) is 9.52. The van der Waals surface area contributed by atoms with Gasteiger partial charge >= 0.3 is 0 Å². The first-order valence-corrected chi connectivity index (χ1v) is 13.2. The first-order valence-electron chi connectivity index (χ1n) is 13.2. The van der Waals surface area contributed by atoms with Crippen LogP contribution in [0.25, 0.3) is 17.0 Å². The molecule has 7 nitrogen and oxygen atoms in total. The van der Waals surface area contributed by atoms with Crippen LogP contribution in [0.15, 0.2) is 65.9 Å². The van der Waals surface area contributed by atoms with Crippen molar-refractivity contribution in [2.75, 3.05) is 40.3 Å². The van der Waals surface area contributed by atoms with E-state index in [1.807, 2.05) is 24.5 Å². The lowest BCUT2D eigenvalue weighted by molar-refractivity contribution is 0.306. The normalized spacial score (nSPS) is 16.3. The van der Waals surface area contributed by atoms with Crippen molar-refractivity contribution in [3.05, 3.63) is 77.9 Å². The summed E-state index contributed by atoms with van der Waals surface area (Å²) in [7, 11) is 4.31. The minimum absolute atomic E-state index is 0.394. The summed E-state index contributed by atoms with van der Waals surface area (Å²) < 4.78 is 6.03. The summed E-state index contributed by atoms with van der Waals surface area (Å²) in [5.41, 5.74) is 5.12. The van der Waals surface area contributed by atoms with Gasteiger partial charge in [-0.25, -0.2) is 4.98 Å². The minimum Gasteiger partial charge on any atom is -0.489 e. The van der Waals surface area contributed by atoms with Crippen LogP contribution < -0.4 is 10.1 Å². The largest absolute Gasteiger partial charge is 0.489 e. The molecule has 0 saturated carbocycles. The maximum absolute atomic E-state index is 6.03. The van der Waals surface area contributed by atoms with Gasteiger partial charge in [0.15, 0.2) is 0 Å². The number of aliphatic imine (C=N–C) groups is 1. The molecule has 1 fully saturated rings. The van der Waals surface area contributed by atoms with Gasteiger partial charge in [-0.1, -0.05) is 31.2 Å². The van der Waals surface area contributed by atoms with Gasteiger partial charge in [-0.3, -0.25) is 9.89 Å². The van der Waals surface area contributed by atoms with Crippen molar-refractivity contribution in [3.8, 4) is 17.0 Å². The molecule has 0 spiro atoms. The summed E-state index contributed by atoms with van der Waals surface area (Å²) in [5.74, 6) is 1.90. The lowest BCUT2D eigenvalue weighted by Gasteiger charge is -2.16. The summed E-state index contributed by atoms with van der Waals surface area (Å²) >= 11 is 0. The van der Waals surface area contributed by atoms with E-state index in [9.17, 15) is 0 Å². The van der Waals surface area contributed by atoms with Crippen LogP contribution in [0.5, 0.6) is 5.75 Å². The van der Waals surface area contributed by atoms with E-state index in [-0.39, 0.29) is 0 Å². The highest BCUT2D eigenvalue weighted by molar-refractivity contribution is 5.67. The molecule has 1 saturated heterocycles. The number of aromatic nitrogens is 2. The zero-order valence-electron chi connectivity index (χ0n) is 22.4. The van der Waals surface area contributed by atoms with Crippen LogP contribution >= 0.6 is 0 Å². The van der Waals surface area contributed by atoms with Gasteiger partial charge in [-0.05, 0) is 88.6 Å². The second-order valence-corrected chi connectivity index (χ2v) is 9.78. The number of nitrogens with one attached hydrogen (secondary N) is 2. The predicted octanol–water partition coefficient (Wildman–Crippen LogP) is 5.35. The van der Waals surface area contributed by atoms with E-state index in [2.05, 4.69) is 94.2 Å². The molecule has 0 aliphatic carbocycles. The molecule has 4 rings (SSSR count). The molecule has 2 N–H and O–H groups in total. The molecule has 2 aromatic carbocycles. The lowest BCUT2D eigenvalue weighted by atomic mass is 10.1. The highest BCUT2D eigenvalue weighted by Gasteiger charge is 2.25. The summed E-state index contributed by atoms with van der Waals surface area (Å²) in [6.07, 6.45) is 7.42. The van der Waals surface area contributed by atoms with Gasteiger partial charge < -0.3 is 19.9 Å². The van der Waals surface area contributed by atoms with Gasteiger partial charge in [0.1, 0.15) is 18.2 Å². The van der Waals surface area contributed by atoms with E-state index in [0.717, 1.165) is 78.7 Å². The molecule has 3 aromatic rings. The van der Waals surface area contributed by atoms with Gasteiger partial charge in [-0.15, -0.1) is 0 Å². The zero-order valence-corrected chi connectivity index (χ0v) is 22.4. The molecule has 37 heavy (non-hydrogen) atoms. The number of nitrogens with zero attached hydrogens (tertiary/aromatic N) is 4. The van der Waals surface area contributed by atoms with Gasteiger partial charge in [-0.2, -0.15) is 0 Å². The molecule has 0 bridgehead atoms. The Hall–Kier alpha value is -3.42. The second kappa shape index (κ2) is 13.2. The lowest BCUT2D eigenvalue weighted by Crippen LogP contribution is -2.27. The third-order valence-electron chi connectivity index (χ3n) is 6.90. The zero-order chi connectivity index (χ0) is 26.0. The van der Waals surface area contributed by atoms with Crippen LogP contribution in [0.3, 0.4) is 0 Å². The molecule has 1 aliphatic rings. The summed E-state index contributed by atoms with van der Waals surface area (Å²) in [4.78, 5) is 17.0. The van der Waals surface area contributed by atoms with Gasteiger partial charge in [0.25, 0.3) is 0 Å². The Morgan fingerprint density at radius 3 is 2.68 bits per heavy atom. The molecule has 7 heteroatoms. The third-order valence-corrected chi connectivity index (χ3v) is 6.90. The monoisotopic (exact) mass is 500 g/mol. The quantitative estimate of drug-likeness (QED) is 0.245. The number of aromatic amines is 1. The topological polar surface area (TPSA) is 68.8 Å². The fourth-order valence-electron chi connectivity index (χ4n) is 4.72. The first-order chi connectivity index (χ1) is 18.1. The Labute approximate surface area is 221 Å². The van der Waals surface area contributed by atoms with Crippen LogP contribution in [-0.2, 0) is 6.61 Å². The molecular formula is C30H40N6O. The molecule has 1 aromatic heterocycles. The number of imidazole rings is 1. The molecular weight excluding hydrogens is 460 g/mol. The van der Waals surface area contributed by atoms with Gasteiger partial charge in [0.05, 0.1) is 23.6 Å². The second-order valence-electron chi connectivity index (χ2n) is 9.78. The van der Waals surface area contributed by atoms with Gasteiger partial charge in [0, 0.05) is 24.9 Å². The number of hydrogen-bond donors (Lipinski definition) is 2. The number of hydrogen-bond acceptors (Lipinski definition) is 6. The summed E-state index contributed by atoms with van der Waals surface area (Å²) in [6, 6.07) is 16.8. The maximum Gasteiger partial charge on any atom is 0.123 e. The Balaban J connectivity index is 1.28. The van der Waals surface area contributed by atoms with Crippen molar-refractivity contribution in [2.45, 2.75) is 38.8 Å². The molecule has 0 amide bonds. The predicted molar refractivity (Wildman–Crippen MR) is 153 cm³/mol. The van der Waals surface area contributed by atoms with Crippen LogP contribution in [0.2, 0.25) is 0 Å². The van der Waals surface area contributed by atoms with Crippen LogP contribution in [0.4, 0.5) is 0 Å². The highest BCUT2D eigenvalue weighted by Crippen LogP contribution is 2.30. The van der Waals surface area contributed by atoms with Crippen molar-refractivity contribution in [2.24, 2.45) is 4.99 Å². The van der Waals surface area contributed by atoms with Crippen LogP contribution in [0, 0.1) is 0 Å². The minimum atomic E-state index is 0.394. The van der Waals surface area contributed by atoms with Gasteiger partial charge in [0.2, 0.25) is 0 Å². The number of H-pyrrole nitrogens is 1. The number of ether oxygens (including phenoxy) is 1. The number of rotatable bonds is 13.